The Bertz CT molecular complexity index is 784. The van der Waals surface area contributed by atoms with E-state index < -0.39 is 0 Å². The molecule has 1 N–H and O–H groups in total. The molecule has 1 aromatic heterocycles. The van der Waals surface area contributed by atoms with Crippen LogP contribution in [-0.2, 0) is 13.1 Å². The van der Waals surface area contributed by atoms with E-state index in [0.29, 0.717) is 23.3 Å². The van der Waals surface area contributed by atoms with Crippen molar-refractivity contribution in [3.05, 3.63) is 56.8 Å². The second-order valence-corrected chi connectivity index (χ2v) is 7.09. The van der Waals surface area contributed by atoms with Crippen molar-refractivity contribution in [1.29, 1.82) is 0 Å². The Kier molecular flexibility index (Phi) is 5.50. The summed E-state index contributed by atoms with van der Waals surface area (Å²) in [5.74, 6) is 0.129. The second kappa shape index (κ2) is 7.63. The first kappa shape index (κ1) is 18.0. The van der Waals surface area contributed by atoms with E-state index in [1.165, 1.54) is 0 Å². The van der Waals surface area contributed by atoms with Gasteiger partial charge < -0.3 is 10.2 Å². The van der Waals surface area contributed by atoms with Gasteiger partial charge in [-0.2, -0.15) is 0 Å². The number of halogens is 2. The number of hydrogen-bond acceptors (Lipinski definition) is 3. The van der Waals surface area contributed by atoms with Crippen LogP contribution in [0.2, 0.25) is 10.2 Å². The maximum Gasteiger partial charge on any atom is 0.254 e. The minimum Gasteiger partial charge on any atom is -0.381 e. The van der Waals surface area contributed by atoms with Crippen molar-refractivity contribution in [1.82, 2.24) is 9.88 Å². The molecule has 0 atom stereocenters. The monoisotopic (exact) mass is 377 g/mol. The number of aryl methyl sites for hydroxylation is 1. The molecule has 132 valence electrons. The van der Waals surface area contributed by atoms with Crippen molar-refractivity contribution in [3.8, 4) is 0 Å². The molecular weight excluding hydrogens is 357 g/mol. The van der Waals surface area contributed by atoms with Crippen LogP contribution in [0.25, 0.3) is 0 Å². The number of aromatic nitrogens is 1. The summed E-state index contributed by atoms with van der Waals surface area (Å²) < 4.78 is 0. The van der Waals surface area contributed by atoms with Crippen LogP contribution in [0.15, 0.2) is 24.3 Å². The third kappa shape index (κ3) is 3.91. The van der Waals surface area contributed by atoms with Crippen LogP contribution >= 0.6 is 23.2 Å². The van der Waals surface area contributed by atoms with Gasteiger partial charge in [0.2, 0.25) is 0 Å². The number of benzene rings is 1. The van der Waals surface area contributed by atoms with Crippen molar-refractivity contribution < 1.29 is 4.79 Å². The van der Waals surface area contributed by atoms with Gasteiger partial charge in [-0.15, -0.1) is 0 Å². The lowest BCUT2D eigenvalue weighted by atomic mass is 10.1. The molecule has 3 rings (SSSR count). The fourth-order valence-corrected chi connectivity index (χ4v) is 3.66. The quantitative estimate of drug-likeness (QED) is 0.715. The van der Waals surface area contributed by atoms with Crippen LogP contribution in [0, 0.1) is 6.92 Å². The molecule has 0 saturated carbocycles. The summed E-state index contributed by atoms with van der Waals surface area (Å²) >= 11 is 12.5. The van der Waals surface area contributed by atoms with Crippen molar-refractivity contribution in [2.24, 2.45) is 0 Å². The predicted molar refractivity (Wildman–Crippen MR) is 102 cm³/mol. The van der Waals surface area contributed by atoms with Gasteiger partial charge in [-0.1, -0.05) is 36.5 Å². The molecule has 0 radical (unpaired) electrons. The van der Waals surface area contributed by atoms with E-state index in [1.807, 2.05) is 30.0 Å². The van der Waals surface area contributed by atoms with Crippen LogP contribution in [-0.4, -0.2) is 22.3 Å². The molecule has 4 nitrogen and oxygen atoms in total. The first-order valence-corrected chi connectivity index (χ1v) is 9.22. The van der Waals surface area contributed by atoms with E-state index in [-0.39, 0.29) is 5.91 Å². The molecule has 1 aliphatic rings. The second-order valence-electron chi connectivity index (χ2n) is 6.32. The highest BCUT2D eigenvalue weighted by Crippen LogP contribution is 2.28. The van der Waals surface area contributed by atoms with Gasteiger partial charge in [-0.3, -0.25) is 4.79 Å². The number of pyridine rings is 1. The fourth-order valence-electron chi connectivity index (χ4n) is 2.99. The number of unbranched alkanes of at least 4 members (excludes halogenated alkanes) is 1. The smallest absolute Gasteiger partial charge is 0.254 e. The zero-order valence-electron chi connectivity index (χ0n) is 14.4. The van der Waals surface area contributed by atoms with Gasteiger partial charge in [0.25, 0.3) is 5.91 Å². The molecule has 0 fully saturated rings. The van der Waals surface area contributed by atoms with E-state index in [9.17, 15) is 4.79 Å². The molecule has 6 heteroatoms. The number of rotatable bonds is 6. The topological polar surface area (TPSA) is 45.2 Å². The van der Waals surface area contributed by atoms with E-state index >= 15 is 0 Å². The molecule has 1 amide bonds. The highest BCUT2D eigenvalue weighted by Gasteiger charge is 2.26. The number of fused-ring (bicyclic) bond motifs is 1. The molecule has 1 aliphatic heterocycles. The van der Waals surface area contributed by atoms with Gasteiger partial charge >= 0.3 is 0 Å². The minimum absolute atomic E-state index is 0.129. The van der Waals surface area contributed by atoms with Gasteiger partial charge in [0, 0.05) is 42.1 Å². The predicted octanol–water partition coefficient (Wildman–Crippen LogP) is 5.06. The molecule has 0 aliphatic carbocycles. The van der Waals surface area contributed by atoms with E-state index in [1.54, 1.807) is 6.07 Å². The number of anilines is 1. The summed E-state index contributed by atoms with van der Waals surface area (Å²) in [5, 5.41) is 4.35. The maximum atomic E-state index is 12.4. The number of nitrogens with zero attached hydrogens (tertiary/aromatic N) is 2. The summed E-state index contributed by atoms with van der Waals surface area (Å²) in [7, 11) is 0. The number of amides is 1. The average Bonchev–Trinajstić information content (AvgIpc) is 2.87. The number of carbonyl (C=O) groups excluding carboxylic acids is 1. The molecule has 0 saturated heterocycles. The Labute approximate surface area is 158 Å². The Morgan fingerprint density at radius 2 is 2.08 bits per heavy atom. The van der Waals surface area contributed by atoms with Crippen LogP contribution < -0.4 is 5.32 Å². The van der Waals surface area contributed by atoms with Gasteiger partial charge in [-0.05, 0) is 43.2 Å². The Morgan fingerprint density at radius 1 is 1.28 bits per heavy atom. The van der Waals surface area contributed by atoms with Crippen molar-refractivity contribution in [2.75, 3.05) is 11.9 Å². The third-order valence-corrected chi connectivity index (χ3v) is 5.03. The summed E-state index contributed by atoms with van der Waals surface area (Å²) in [4.78, 5) is 18.5. The van der Waals surface area contributed by atoms with Gasteiger partial charge in [0.05, 0.1) is 5.02 Å². The zero-order valence-corrected chi connectivity index (χ0v) is 15.9. The summed E-state index contributed by atoms with van der Waals surface area (Å²) in [6.07, 6.45) is 2.11. The molecule has 0 spiro atoms. The van der Waals surface area contributed by atoms with Crippen LogP contribution in [0.4, 0.5) is 5.69 Å². The molecule has 2 aromatic rings. The van der Waals surface area contributed by atoms with E-state index in [2.05, 4.69) is 17.2 Å². The summed E-state index contributed by atoms with van der Waals surface area (Å²) in [6.45, 7) is 5.96. The van der Waals surface area contributed by atoms with Gasteiger partial charge in [0.15, 0.2) is 0 Å². The molecule has 1 aromatic carbocycles. The number of nitrogens with one attached hydrogen (secondary N) is 1. The van der Waals surface area contributed by atoms with Crippen LogP contribution in [0.1, 0.15) is 46.9 Å². The van der Waals surface area contributed by atoms with Crippen molar-refractivity contribution >= 4 is 34.8 Å². The highest BCUT2D eigenvalue weighted by molar-refractivity contribution is 6.35. The lowest BCUT2D eigenvalue weighted by Crippen LogP contribution is -2.24. The normalized spacial score (nSPS) is 13.3. The molecule has 0 unspecified atom stereocenters. The first-order valence-electron chi connectivity index (χ1n) is 8.47. The average molecular weight is 378 g/mol. The molecule has 25 heavy (non-hydrogen) atoms. The van der Waals surface area contributed by atoms with E-state index in [0.717, 1.165) is 47.5 Å². The summed E-state index contributed by atoms with van der Waals surface area (Å²) in [5.41, 5.74) is 4.37. The maximum absolute atomic E-state index is 12.4. The lowest BCUT2D eigenvalue weighted by molar-refractivity contribution is 0.0776. The first-order chi connectivity index (χ1) is 12.0. The Hall–Kier alpha value is -1.78. The Balaban J connectivity index is 1.72. The van der Waals surface area contributed by atoms with Crippen LogP contribution in [0.5, 0.6) is 0 Å². The minimum atomic E-state index is 0.129. The molecular formula is C19H21Cl2N3O. The van der Waals surface area contributed by atoms with Crippen molar-refractivity contribution in [3.63, 3.8) is 0 Å². The van der Waals surface area contributed by atoms with Gasteiger partial charge in [-0.25, -0.2) is 4.98 Å². The van der Waals surface area contributed by atoms with E-state index in [4.69, 9.17) is 23.2 Å². The Morgan fingerprint density at radius 3 is 2.80 bits per heavy atom. The number of hydrogen-bond donors (Lipinski definition) is 1. The third-order valence-electron chi connectivity index (χ3n) is 4.38. The molecule has 2 heterocycles. The van der Waals surface area contributed by atoms with Crippen molar-refractivity contribution in [2.45, 2.75) is 39.8 Å². The standard InChI is InChI=1S/C19H21Cl2N3O/c1-3-4-7-24-11-13-9-14(5-6-15(13)19(24)25)22-10-16-17(20)8-12(2)23-18(16)21/h5-6,8-9,22H,3-4,7,10-11H2,1-2H3. The fraction of sp³-hybridized carbons (Fsp3) is 0.368. The lowest BCUT2D eigenvalue weighted by Gasteiger charge is -2.14. The number of carbonyl (C=O) groups is 1. The van der Waals surface area contributed by atoms with Crippen LogP contribution in [0.3, 0.4) is 0 Å². The van der Waals surface area contributed by atoms with Gasteiger partial charge in [0.1, 0.15) is 5.15 Å². The zero-order chi connectivity index (χ0) is 18.0. The molecule has 0 bridgehead atoms. The summed E-state index contributed by atoms with van der Waals surface area (Å²) in [6, 6.07) is 7.64. The highest BCUT2D eigenvalue weighted by atomic mass is 35.5. The largest absolute Gasteiger partial charge is 0.381 e. The SMILES string of the molecule is CCCCN1Cc2cc(NCc3c(Cl)cc(C)nc3Cl)ccc2C1=O.